The Morgan fingerprint density at radius 1 is 0.905 bits per heavy atom. The van der Waals surface area contributed by atoms with Crippen molar-refractivity contribution >= 4 is 0 Å². The van der Waals surface area contributed by atoms with Crippen LogP contribution in [0.2, 0.25) is 0 Å². The molecule has 0 aliphatic heterocycles. The van der Waals surface area contributed by atoms with Crippen molar-refractivity contribution in [3.05, 3.63) is 58.7 Å². The largest absolute Gasteiger partial charge is 0.457 e. The highest BCUT2D eigenvalue weighted by molar-refractivity contribution is 5.43. The Morgan fingerprint density at radius 3 is 2.19 bits per heavy atom. The molecule has 0 heterocycles. The number of ether oxygens (including phenoxy) is 1. The predicted octanol–water partition coefficient (Wildman–Crippen LogP) is 4.90. The third-order valence-electron chi connectivity index (χ3n) is 3.55. The molecule has 0 unspecified atom stereocenters. The van der Waals surface area contributed by atoms with Crippen molar-refractivity contribution < 1.29 is 4.74 Å². The molecular weight excluding hydrogens is 258 g/mol. The molecule has 2 nitrogen and oxygen atoms in total. The van der Waals surface area contributed by atoms with Crippen LogP contribution >= 0.6 is 0 Å². The second-order valence-electron chi connectivity index (χ2n) is 5.65. The van der Waals surface area contributed by atoms with E-state index in [0.717, 1.165) is 31.0 Å². The van der Waals surface area contributed by atoms with Gasteiger partial charge in [0.15, 0.2) is 0 Å². The van der Waals surface area contributed by atoms with E-state index in [9.17, 15) is 0 Å². The van der Waals surface area contributed by atoms with E-state index in [1.807, 2.05) is 6.07 Å². The molecule has 1 N–H and O–H groups in total. The number of nitrogens with one attached hydrogen (secondary N) is 1. The summed E-state index contributed by atoms with van der Waals surface area (Å²) in [6, 6.07) is 12.7. The average molecular weight is 283 g/mol. The zero-order valence-electron chi connectivity index (χ0n) is 13.5. The third kappa shape index (κ3) is 4.33. The molecule has 0 aliphatic carbocycles. The summed E-state index contributed by atoms with van der Waals surface area (Å²) in [4.78, 5) is 0. The second-order valence-corrected chi connectivity index (χ2v) is 5.65. The summed E-state index contributed by atoms with van der Waals surface area (Å²) < 4.78 is 6.06. The molecule has 21 heavy (non-hydrogen) atoms. The zero-order chi connectivity index (χ0) is 15.2. The molecule has 0 amide bonds. The fourth-order valence-electron chi connectivity index (χ4n) is 2.38. The first-order valence-electron chi connectivity index (χ1n) is 7.65. The molecule has 0 aromatic heterocycles. The minimum absolute atomic E-state index is 0.915. The molecule has 112 valence electrons. The lowest BCUT2D eigenvalue weighted by Crippen LogP contribution is -2.13. The summed E-state index contributed by atoms with van der Waals surface area (Å²) in [7, 11) is 0. The summed E-state index contributed by atoms with van der Waals surface area (Å²) in [5, 5.41) is 3.42. The maximum Gasteiger partial charge on any atom is 0.130 e. The van der Waals surface area contributed by atoms with E-state index in [4.69, 9.17) is 4.74 Å². The summed E-state index contributed by atoms with van der Waals surface area (Å²) in [5.41, 5.74) is 4.90. The molecule has 0 saturated heterocycles. The highest BCUT2D eigenvalue weighted by Crippen LogP contribution is 2.28. The summed E-state index contributed by atoms with van der Waals surface area (Å²) >= 11 is 0. The fraction of sp³-hybridized carbons (Fsp3) is 0.368. The SMILES string of the molecule is CCCNCc1ccc(Oc2ccc(C)cc2C)c(C)c1. The lowest BCUT2D eigenvalue weighted by atomic mass is 10.1. The van der Waals surface area contributed by atoms with E-state index in [0.29, 0.717) is 0 Å². The molecule has 0 radical (unpaired) electrons. The number of aryl methyl sites for hydroxylation is 3. The van der Waals surface area contributed by atoms with Crippen molar-refractivity contribution in [1.82, 2.24) is 5.32 Å². The van der Waals surface area contributed by atoms with Crippen molar-refractivity contribution in [2.24, 2.45) is 0 Å². The normalized spacial score (nSPS) is 10.7. The lowest BCUT2D eigenvalue weighted by Gasteiger charge is -2.13. The highest BCUT2D eigenvalue weighted by atomic mass is 16.5. The van der Waals surface area contributed by atoms with E-state index in [1.54, 1.807) is 0 Å². The van der Waals surface area contributed by atoms with Crippen LogP contribution in [0.5, 0.6) is 11.5 Å². The Kier molecular flexibility index (Phi) is 5.40. The summed E-state index contributed by atoms with van der Waals surface area (Å²) in [6.45, 7) is 10.4. The van der Waals surface area contributed by atoms with Gasteiger partial charge >= 0.3 is 0 Å². The summed E-state index contributed by atoms with van der Waals surface area (Å²) in [6.07, 6.45) is 1.16. The van der Waals surface area contributed by atoms with Crippen LogP contribution in [-0.2, 0) is 6.54 Å². The predicted molar refractivity (Wildman–Crippen MR) is 89.2 cm³/mol. The van der Waals surface area contributed by atoms with Crippen molar-refractivity contribution in [1.29, 1.82) is 0 Å². The summed E-state index contributed by atoms with van der Waals surface area (Å²) in [5.74, 6) is 1.86. The van der Waals surface area contributed by atoms with Crippen LogP contribution in [0.25, 0.3) is 0 Å². The van der Waals surface area contributed by atoms with Gasteiger partial charge in [-0.3, -0.25) is 0 Å². The van der Waals surface area contributed by atoms with Crippen LogP contribution in [0.15, 0.2) is 36.4 Å². The molecule has 2 aromatic rings. The van der Waals surface area contributed by atoms with E-state index in [2.05, 4.69) is 63.3 Å². The van der Waals surface area contributed by atoms with Gasteiger partial charge in [0.1, 0.15) is 11.5 Å². The molecule has 2 aromatic carbocycles. The van der Waals surface area contributed by atoms with Gasteiger partial charge in [-0.1, -0.05) is 36.8 Å². The molecule has 2 heteroatoms. The molecule has 0 bridgehead atoms. The maximum absolute atomic E-state index is 6.06. The van der Waals surface area contributed by atoms with Gasteiger partial charge in [-0.25, -0.2) is 0 Å². The Hall–Kier alpha value is -1.80. The monoisotopic (exact) mass is 283 g/mol. The van der Waals surface area contributed by atoms with Crippen molar-refractivity contribution in [2.75, 3.05) is 6.54 Å². The molecule has 0 saturated carbocycles. The van der Waals surface area contributed by atoms with E-state index < -0.39 is 0 Å². The van der Waals surface area contributed by atoms with E-state index in [1.165, 1.54) is 22.3 Å². The van der Waals surface area contributed by atoms with Gasteiger partial charge < -0.3 is 10.1 Å². The van der Waals surface area contributed by atoms with Crippen LogP contribution in [0.1, 0.15) is 35.6 Å². The first-order valence-corrected chi connectivity index (χ1v) is 7.65. The zero-order valence-corrected chi connectivity index (χ0v) is 13.5. The average Bonchev–Trinajstić information content (AvgIpc) is 2.44. The standard InChI is InChI=1S/C19H25NO/c1-5-10-20-13-17-7-9-19(16(4)12-17)21-18-8-6-14(2)11-15(18)3/h6-9,11-12,20H,5,10,13H2,1-4H3. The minimum atomic E-state index is 0.915. The molecule has 0 atom stereocenters. The van der Waals surface area contributed by atoms with Crippen LogP contribution in [-0.4, -0.2) is 6.54 Å². The van der Waals surface area contributed by atoms with Gasteiger partial charge in [0.2, 0.25) is 0 Å². The van der Waals surface area contributed by atoms with Crippen molar-refractivity contribution in [3.63, 3.8) is 0 Å². The Bertz CT molecular complexity index is 605. The molecule has 0 spiro atoms. The van der Waals surface area contributed by atoms with E-state index >= 15 is 0 Å². The number of hydrogen-bond donors (Lipinski definition) is 1. The minimum Gasteiger partial charge on any atom is -0.457 e. The molecule has 0 aliphatic rings. The Labute approximate surface area is 128 Å². The van der Waals surface area contributed by atoms with Gasteiger partial charge in [0.05, 0.1) is 0 Å². The Balaban J connectivity index is 2.10. The van der Waals surface area contributed by atoms with Gasteiger partial charge in [0, 0.05) is 6.54 Å². The first-order chi connectivity index (χ1) is 10.1. The highest BCUT2D eigenvalue weighted by Gasteiger charge is 2.05. The molecular formula is C19H25NO. The van der Waals surface area contributed by atoms with E-state index in [-0.39, 0.29) is 0 Å². The molecule has 0 fully saturated rings. The number of benzene rings is 2. The maximum atomic E-state index is 6.06. The van der Waals surface area contributed by atoms with Gasteiger partial charge in [0.25, 0.3) is 0 Å². The van der Waals surface area contributed by atoms with Crippen molar-refractivity contribution in [3.8, 4) is 11.5 Å². The third-order valence-corrected chi connectivity index (χ3v) is 3.55. The van der Waals surface area contributed by atoms with Gasteiger partial charge in [-0.05, 0) is 62.6 Å². The topological polar surface area (TPSA) is 21.3 Å². The fourth-order valence-corrected chi connectivity index (χ4v) is 2.38. The van der Waals surface area contributed by atoms with Gasteiger partial charge in [-0.2, -0.15) is 0 Å². The quantitative estimate of drug-likeness (QED) is 0.761. The van der Waals surface area contributed by atoms with Crippen LogP contribution in [0.3, 0.4) is 0 Å². The van der Waals surface area contributed by atoms with Gasteiger partial charge in [-0.15, -0.1) is 0 Å². The number of rotatable bonds is 6. The number of hydrogen-bond acceptors (Lipinski definition) is 2. The second kappa shape index (κ2) is 7.28. The lowest BCUT2D eigenvalue weighted by molar-refractivity contribution is 0.474. The smallest absolute Gasteiger partial charge is 0.130 e. The first kappa shape index (κ1) is 15.6. The van der Waals surface area contributed by atoms with Crippen LogP contribution in [0, 0.1) is 20.8 Å². The van der Waals surface area contributed by atoms with Crippen molar-refractivity contribution in [2.45, 2.75) is 40.7 Å². The van der Waals surface area contributed by atoms with Crippen LogP contribution in [0.4, 0.5) is 0 Å². The molecule has 2 rings (SSSR count). The van der Waals surface area contributed by atoms with Crippen LogP contribution < -0.4 is 10.1 Å². The Morgan fingerprint density at radius 2 is 1.57 bits per heavy atom.